The van der Waals surface area contributed by atoms with Gasteiger partial charge in [0.2, 0.25) is 0 Å². The lowest BCUT2D eigenvalue weighted by Gasteiger charge is -2.15. The molecular formula is C9H11IN2. The molecule has 0 spiro atoms. The van der Waals surface area contributed by atoms with Crippen molar-refractivity contribution < 1.29 is 0 Å². The van der Waals surface area contributed by atoms with E-state index in [1.807, 2.05) is 6.92 Å². The number of fused-ring (bicyclic) bond motifs is 1. The van der Waals surface area contributed by atoms with Gasteiger partial charge in [0, 0.05) is 11.3 Å². The van der Waals surface area contributed by atoms with E-state index in [0.29, 0.717) is 0 Å². The molecule has 0 amide bonds. The fraction of sp³-hybridized carbons (Fsp3) is 0.556. The van der Waals surface area contributed by atoms with Crippen LogP contribution in [0, 0.1) is 10.6 Å². The Morgan fingerprint density at radius 1 is 1.17 bits per heavy atom. The molecule has 0 aromatic carbocycles. The lowest BCUT2D eigenvalue weighted by atomic mass is 9.97. The number of hydrogen-bond donors (Lipinski definition) is 0. The van der Waals surface area contributed by atoms with Crippen molar-refractivity contribution in [2.45, 2.75) is 32.6 Å². The van der Waals surface area contributed by atoms with Gasteiger partial charge in [0.1, 0.15) is 9.53 Å². The Bertz CT molecular complexity index is 310. The van der Waals surface area contributed by atoms with E-state index in [1.165, 1.54) is 30.5 Å². The highest BCUT2D eigenvalue weighted by atomic mass is 127. The molecule has 0 aliphatic heterocycles. The van der Waals surface area contributed by atoms with E-state index < -0.39 is 0 Å². The maximum atomic E-state index is 4.46. The lowest BCUT2D eigenvalue weighted by molar-refractivity contribution is 0.653. The van der Waals surface area contributed by atoms with Gasteiger partial charge in [-0.15, -0.1) is 0 Å². The molecule has 1 aromatic heterocycles. The maximum absolute atomic E-state index is 4.46. The second kappa shape index (κ2) is 3.28. The normalized spacial score (nSPS) is 15.8. The van der Waals surface area contributed by atoms with Crippen LogP contribution in [0.5, 0.6) is 0 Å². The Kier molecular flexibility index (Phi) is 2.30. The number of halogens is 1. The van der Waals surface area contributed by atoms with Gasteiger partial charge in [-0.25, -0.2) is 9.97 Å². The highest BCUT2D eigenvalue weighted by molar-refractivity contribution is 14.1. The van der Waals surface area contributed by atoms with Crippen LogP contribution in [-0.2, 0) is 12.8 Å². The molecule has 0 bridgehead atoms. The highest BCUT2D eigenvalue weighted by Gasteiger charge is 2.14. The Labute approximate surface area is 86.0 Å². The van der Waals surface area contributed by atoms with Gasteiger partial charge >= 0.3 is 0 Å². The molecule has 1 heterocycles. The van der Waals surface area contributed by atoms with Crippen molar-refractivity contribution >= 4 is 22.6 Å². The second-order valence-electron chi connectivity index (χ2n) is 3.19. The summed E-state index contributed by atoms with van der Waals surface area (Å²) in [4.78, 5) is 8.82. The van der Waals surface area contributed by atoms with E-state index in [4.69, 9.17) is 0 Å². The zero-order valence-electron chi connectivity index (χ0n) is 7.10. The average Bonchev–Trinajstić information content (AvgIpc) is 2.04. The van der Waals surface area contributed by atoms with Crippen LogP contribution in [0.2, 0.25) is 0 Å². The summed E-state index contributed by atoms with van der Waals surface area (Å²) in [6, 6.07) is 0. The van der Waals surface area contributed by atoms with Crippen LogP contribution < -0.4 is 0 Å². The number of aryl methyl sites for hydroxylation is 2. The average molecular weight is 274 g/mol. The first-order valence-electron chi connectivity index (χ1n) is 4.29. The maximum Gasteiger partial charge on any atom is 0.126 e. The zero-order chi connectivity index (χ0) is 8.55. The predicted molar refractivity (Wildman–Crippen MR) is 56.1 cm³/mol. The van der Waals surface area contributed by atoms with Gasteiger partial charge in [0.05, 0.1) is 0 Å². The van der Waals surface area contributed by atoms with Gasteiger partial charge in [0.25, 0.3) is 0 Å². The third-order valence-electron chi connectivity index (χ3n) is 2.24. The fourth-order valence-corrected chi connectivity index (χ4v) is 2.59. The van der Waals surface area contributed by atoms with E-state index in [0.717, 1.165) is 15.9 Å². The van der Waals surface area contributed by atoms with Gasteiger partial charge in [-0.3, -0.25) is 0 Å². The van der Waals surface area contributed by atoms with Crippen LogP contribution >= 0.6 is 22.6 Å². The van der Waals surface area contributed by atoms with Crippen LogP contribution in [0.25, 0.3) is 0 Å². The molecule has 1 aliphatic carbocycles. The third-order valence-corrected chi connectivity index (χ3v) is 3.14. The molecule has 3 heteroatoms. The minimum absolute atomic E-state index is 0.917. The van der Waals surface area contributed by atoms with Crippen molar-refractivity contribution in [2.75, 3.05) is 0 Å². The smallest absolute Gasteiger partial charge is 0.126 e. The first-order chi connectivity index (χ1) is 5.77. The topological polar surface area (TPSA) is 25.8 Å². The van der Waals surface area contributed by atoms with Crippen LogP contribution in [0.4, 0.5) is 0 Å². The van der Waals surface area contributed by atoms with E-state index in [2.05, 4.69) is 32.6 Å². The SMILES string of the molecule is Cc1nc(I)c2c(n1)CCCC2. The summed E-state index contributed by atoms with van der Waals surface area (Å²) in [6.45, 7) is 1.97. The van der Waals surface area contributed by atoms with Crippen LogP contribution in [0.1, 0.15) is 29.9 Å². The summed E-state index contributed by atoms with van der Waals surface area (Å²) in [5.41, 5.74) is 2.69. The van der Waals surface area contributed by atoms with Gasteiger partial charge < -0.3 is 0 Å². The minimum Gasteiger partial charge on any atom is -0.238 e. The number of rotatable bonds is 0. The van der Waals surface area contributed by atoms with Gasteiger partial charge in [0.15, 0.2) is 0 Å². The molecule has 1 aromatic rings. The third kappa shape index (κ3) is 1.46. The largest absolute Gasteiger partial charge is 0.238 e. The van der Waals surface area contributed by atoms with Crippen molar-refractivity contribution in [3.05, 3.63) is 20.8 Å². The molecule has 0 saturated carbocycles. The van der Waals surface area contributed by atoms with Crippen LogP contribution in [0.3, 0.4) is 0 Å². The molecule has 64 valence electrons. The van der Waals surface area contributed by atoms with Gasteiger partial charge in [-0.1, -0.05) is 0 Å². The highest BCUT2D eigenvalue weighted by Crippen LogP contribution is 2.22. The number of nitrogens with zero attached hydrogens (tertiary/aromatic N) is 2. The Morgan fingerprint density at radius 3 is 2.75 bits per heavy atom. The summed E-state index contributed by atoms with van der Waals surface area (Å²) in [5, 5.41) is 0. The molecule has 1 aliphatic rings. The monoisotopic (exact) mass is 274 g/mol. The molecule has 0 fully saturated rings. The van der Waals surface area contributed by atoms with E-state index in [9.17, 15) is 0 Å². The summed E-state index contributed by atoms with van der Waals surface area (Å²) in [7, 11) is 0. The first-order valence-corrected chi connectivity index (χ1v) is 5.37. The van der Waals surface area contributed by atoms with Crippen molar-refractivity contribution in [1.29, 1.82) is 0 Å². The summed E-state index contributed by atoms with van der Waals surface area (Å²) < 4.78 is 1.16. The predicted octanol–water partition coefficient (Wildman–Crippen LogP) is 2.27. The fourth-order valence-electron chi connectivity index (χ4n) is 1.66. The minimum atomic E-state index is 0.917. The standard InChI is InChI=1S/C9H11IN2/c1-6-11-8-5-3-2-4-7(8)9(10)12-6/h2-5H2,1H3. The Hall–Kier alpha value is -0.190. The zero-order valence-corrected chi connectivity index (χ0v) is 9.26. The van der Waals surface area contributed by atoms with Crippen molar-refractivity contribution in [2.24, 2.45) is 0 Å². The Morgan fingerprint density at radius 2 is 1.92 bits per heavy atom. The summed E-state index contributed by atoms with van der Waals surface area (Å²) >= 11 is 2.32. The van der Waals surface area contributed by atoms with E-state index in [-0.39, 0.29) is 0 Å². The van der Waals surface area contributed by atoms with Crippen molar-refractivity contribution in [3.8, 4) is 0 Å². The Balaban J connectivity index is 2.53. The van der Waals surface area contributed by atoms with Gasteiger partial charge in [-0.2, -0.15) is 0 Å². The van der Waals surface area contributed by atoms with Gasteiger partial charge in [-0.05, 0) is 55.2 Å². The molecule has 2 nitrogen and oxygen atoms in total. The molecule has 0 atom stereocenters. The van der Waals surface area contributed by atoms with E-state index >= 15 is 0 Å². The second-order valence-corrected chi connectivity index (χ2v) is 4.22. The molecule has 2 rings (SSSR count). The molecule has 12 heavy (non-hydrogen) atoms. The molecule has 0 radical (unpaired) electrons. The van der Waals surface area contributed by atoms with Crippen LogP contribution in [0.15, 0.2) is 0 Å². The summed E-state index contributed by atoms with van der Waals surface area (Å²) in [5.74, 6) is 0.917. The molecular weight excluding hydrogens is 263 g/mol. The van der Waals surface area contributed by atoms with Crippen molar-refractivity contribution in [3.63, 3.8) is 0 Å². The lowest BCUT2D eigenvalue weighted by Crippen LogP contribution is -2.10. The van der Waals surface area contributed by atoms with Crippen molar-refractivity contribution in [1.82, 2.24) is 9.97 Å². The first kappa shape index (κ1) is 8.41. The number of aromatic nitrogens is 2. The summed E-state index contributed by atoms with van der Waals surface area (Å²) in [6.07, 6.45) is 4.91. The number of hydrogen-bond acceptors (Lipinski definition) is 2. The van der Waals surface area contributed by atoms with E-state index in [1.54, 1.807) is 0 Å². The van der Waals surface area contributed by atoms with Crippen LogP contribution in [-0.4, -0.2) is 9.97 Å². The molecule has 0 saturated heterocycles. The molecule has 0 N–H and O–H groups in total. The molecule has 0 unspecified atom stereocenters. The quantitative estimate of drug-likeness (QED) is 0.535.